The molecule has 2 aromatic rings. The number of benzene rings is 1. The number of methoxy groups -OCH3 is 1. The lowest BCUT2D eigenvalue weighted by molar-refractivity contribution is -0.120. The summed E-state index contributed by atoms with van der Waals surface area (Å²) in [6.07, 6.45) is 3.63. The van der Waals surface area contributed by atoms with Crippen molar-refractivity contribution in [3.63, 3.8) is 0 Å². The van der Waals surface area contributed by atoms with Gasteiger partial charge >= 0.3 is 0 Å². The SMILES string of the molecule is COc1ccc(CSc2nnc(SCC(=O)NC3CC4CCC3(C)C4(C)C)s2)cc1. The van der Waals surface area contributed by atoms with Crippen molar-refractivity contribution in [3.8, 4) is 5.75 Å². The van der Waals surface area contributed by atoms with E-state index in [0.717, 1.165) is 32.5 Å². The number of nitrogens with zero attached hydrogens (tertiary/aromatic N) is 2. The van der Waals surface area contributed by atoms with Crippen LogP contribution in [-0.2, 0) is 10.5 Å². The summed E-state index contributed by atoms with van der Waals surface area (Å²) < 4.78 is 6.97. The van der Waals surface area contributed by atoms with Crippen molar-refractivity contribution in [1.82, 2.24) is 15.5 Å². The standard InChI is InChI=1S/C22H29N3O2S3/c1-21(2)15-9-10-22(21,3)17(11-15)23-18(26)13-29-20-25-24-19(30-20)28-12-14-5-7-16(27-4)8-6-14/h5-8,15,17H,9-13H2,1-4H3,(H,23,26). The molecule has 8 heteroatoms. The number of thioether (sulfide) groups is 2. The van der Waals surface area contributed by atoms with Crippen molar-refractivity contribution in [2.45, 2.75) is 60.5 Å². The van der Waals surface area contributed by atoms with Crippen LogP contribution < -0.4 is 10.1 Å². The molecule has 3 unspecified atom stereocenters. The summed E-state index contributed by atoms with van der Waals surface area (Å²) in [5, 5.41) is 11.8. The topological polar surface area (TPSA) is 64.1 Å². The van der Waals surface area contributed by atoms with Crippen molar-refractivity contribution in [2.75, 3.05) is 12.9 Å². The number of hydrogen-bond acceptors (Lipinski definition) is 7. The molecule has 30 heavy (non-hydrogen) atoms. The number of carbonyl (C=O) groups is 1. The molecule has 1 amide bonds. The summed E-state index contributed by atoms with van der Waals surface area (Å²) in [6.45, 7) is 7.10. The molecule has 2 fully saturated rings. The van der Waals surface area contributed by atoms with Gasteiger partial charge in [0, 0.05) is 11.8 Å². The molecule has 162 valence electrons. The maximum atomic E-state index is 12.6. The summed E-state index contributed by atoms with van der Waals surface area (Å²) in [6, 6.07) is 8.35. The smallest absolute Gasteiger partial charge is 0.230 e. The number of nitrogens with one attached hydrogen (secondary N) is 1. The Morgan fingerprint density at radius 1 is 1.20 bits per heavy atom. The first kappa shape index (κ1) is 22.0. The van der Waals surface area contributed by atoms with Crippen LogP contribution in [0.15, 0.2) is 32.9 Å². The fraction of sp³-hybridized carbons (Fsp3) is 0.591. The number of ether oxygens (including phenoxy) is 1. The van der Waals surface area contributed by atoms with Crippen LogP contribution in [0.5, 0.6) is 5.75 Å². The van der Waals surface area contributed by atoms with Crippen molar-refractivity contribution < 1.29 is 9.53 Å². The van der Waals surface area contributed by atoms with Crippen LogP contribution >= 0.6 is 34.9 Å². The number of rotatable bonds is 8. The van der Waals surface area contributed by atoms with Crippen LogP contribution in [0.25, 0.3) is 0 Å². The van der Waals surface area contributed by atoms with E-state index in [4.69, 9.17) is 4.74 Å². The zero-order valence-electron chi connectivity index (χ0n) is 17.9. The monoisotopic (exact) mass is 463 g/mol. The number of amides is 1. The van der Waals surface area contributed by atoms with E-state index in [0.29, 0.717) is 17.2 Å². The zero-order valence-corrected chi connectivity index (χ0v) is 20.4. The highest BCUT2D eigenvalue weighted by Gasteiger charge is 2.61. The molecule has 1 heterocycles. The zero-order chi connectivity index (χ0) is 21.4. The number of hydrogen-bond donors (Lipinski definition) is 1. The van der Waals surface area contributed by atoms with Gasteiger partial charge in [-0.1, -0.05) is 67.8 Å². The van der Waals surface area contributed by atoms with E-state index in [1.807, 2.05) is 12.1 Å². The normalized spacial score (nSPS) is 26.7. The maximum Gasteiger partial charge on any atom is 0.230 e. The van der Waals surface area contributed by atoms with Gasteiger partial charge in [0.05, 0.1) is 12.9 Å². The molecule has 1 aromatic carbocycles. The molecular formula is C22H29N3O2S3. The van der Waals surface area contributed by atoms with Crippen LogP contribution in [0.2, 0.25) is 0 Å². The van der Waals surface area contributed by atoms with Crippen LogP contribution in [0.3, 0.4) is 0 Å². The third-order valence-corrected chi connectivity index (χ3v) is 10.6. The van der Waals surface area contributed by atoms with E-state index in [9.17, 15) is 4.79 Å². The lowest BCUT2D eigenvalue weighted by Gasteiger charge is -2.39. The molecule has 0 radical (unpaired) electrons. The van der Waals surface area contributed by atoms with Gasteiger partial charge in [-0.2, -0.15) is 0 Å². The second-order valence-corrected chi connectivity index (χ2v) is 12.4. The van der Waals surface area contributed by atoms with E-state index in [2.05, 4.69) is 48.4 Å². The van der Waals surface area contributed by atoms with Crippen molar-refractivity contribution >= 4 is 40.8 Å². The molecule has 4 rings (SSSR count). The fourth-order valence-electron chi connectivity index (χ4n) is 4.97. The Morgan fingerprint density at radius 3 is 2.50 bits per heavy atom. The third kappa shape index (κ3) is 4.23. The lowest BCUT2D eigenvalue weighted by atomic mass is 9.69. The highest BCUT2D eigenvalue weighted by atomic mass is 32.2. The predicted octanol–water partition coefficient (Wildman–Crippen LogP) is 5.26. The minimum atomic E-state index is 0.109. The van der Waals surface area contributed by atoms with E-state index >= 15 is 0 Å². The van der Waals surface area contributed by atoms with Gasteiger partial charge in [0.2, 0.25) is 5.91 Å². The van der Waals surface area contributed by atoms with Gasteiger partial charge in [0.15, 0.2) is 8.68 Å². The molecule has 1 N–H and O–H groups in total. The molecule has 1 aromatic heterocycles. The fourth-order valence-corrected chi connectivity index (χ4v) is 7.75. The van der Waals surface area contributed by atoms with E-state index in [-0.39, 0.29) is 11.3 Å². The van der Waals surface area contributed by atoms with Gasteiger partial charge in [-0.05, 0) is 53.7 Å². The van der Waals surface area contributed by atoms with Crippen molar-refractivity contribution in [1.29, 1.82) is 0 Å². The maximum absolute atomic E-state index is 12.6. The van der Waals surface area contributed by atoms with E-state index in [1.165, 1.54) is 30.2 Å². The predicted molar refractivity (Wildman–Crippen MR) is 124 cm³/mol. The third-order valence-electron chi connectivity index (χ3n) is 7.37. The largest absolute Gasteiger partial charge is 0.497 e. The Hall–Kier alpha value is -1.25. The van der Waals surface area contributed by atoms with Gasteiger partial charge in [-0.3, -0.25) is 4.79 Å². The molecule has 2 aliphatic carbocycles. The molecule has 3 atom stereocenters. The molecule has 0 saturated heterocycles. The summed E-state index contributed by atoms with van der Waals surface area (Å²) in [5.74, 6) is 2.93. The van der Waals surface area contributed by atoms with Gasteiger partial charge in [-0.25, -0.2) is 0 Å². The number of carbonyl (C=O) groups excluding carboxylic acids is 1. The highest BCUT2D eigenvalue weighted by Crippen LogP contribution is 2.65. The first-order valence-electron chi connectivity index (χ1n) is 10.3. The molecule has 2 bridgehead atoms. The Morgan fingerprint density at radius 2 is 1.90 bits per heavy atom. The summed E-state index contributed by atoms with van der Waals surface area (Å²) >= 11 is 4.70. The highest BCUT2D eigenvalue weighted by molar-refractivity contribution is 8.03. The van der Waals surface area contributed by atoms with E-state index in [1.54, 1.807) is 30.2 Å². The molecule has 2 aliphatic rings. The Balaban J connectivity index is 1.24. The number of aromatic nitrogens is 2. The van der Waals surface area contributed by atoms with Crippen LogP contribution in [0.1, 0.15) is 45.6 Å². The Labute approximate surface area is 191 Å². The second-order valence-electron chi connectivity index (χ2n) is 8.99. The first-order valence-corrected chi connectivity index (χ1v) is 13.1. The molecule has 5 nitrogen and oxygen atoms in total. The minimum Gasteiger partial charge on any atom is -0.497 e. The van der Waals surface area contributed by atoms with Gasteiger partial charge in [0.1, 0.15) is 5.75 Å². The van der Waals surface area contributed by atoms with Crippen LogP contribution in [-0.4, -0.2) is 35.0 Å². The molecule has 0 spiro atoms. The minimum absolute atomic E-state index is 0.109. The average Bonchev–Trinajstić information content (AvgIpc) is 3.33. The summed E-state index contributed by atoms with van der Waals surface area (Å²) in [5.41, 5.74) is 1.74. The first-order chi connectivity index (χ1) is 14.3. The molecular weight excluding hydrogens is 434 g/mol. The summed E-state index contributed by atoms with van der Waals surface area (Å²) in [7, 11) is 1.67. The van der Waals surface area contributed by atoms with E-state index < -0.39 is 0 Å². The van der Waals surface area contributed by atoms with Crippen LogP contribution in [0, 0.1) is 16.7 Å². The quantitative estimate of drug-likeness (QED) is 0.539. The second kappa shape index (κ2) is 8.71. The Bertz CT molecular complexity index is 899. The molecule has 0 aliphatic heterocycles. The Kier molecular flexibility index (Phi) is 6.38. The number of fused-ring (bicyclic) bond motifs is 2. The van der Waals surface area contributed by atoms with Crippen molar-refractivity contribution in [3.05, 3.63) is 29.8 Å². The average molecular weight is 464 g/mol. The van der Waals surface area contributed by atoms with Gasteiger partial charge < -0.3 is 10.1 Å². The van der Waals surface area contributed by atoms with Crippen LogP contribution in [0.4, 0.5) is 0 Å². The van der Waals surface area contributed by atoms with Gasteiger partial charge in [-0.15, -0.1) is 10.2 Å². The molecule has 2 saturated carbocycles. The van der Waals surface area contributed by atoms with Gasteiger partial charge in [0.25, 0.3) is 0 Å². The summed E-state index contributed by atoms with van der Waals surface area (Å²) in [4.78, 5) is 12.6. The van der Waals surface area contributed by atoms with Crippen molar-refractivity contribution in [2.24, 2.45) is 16.7 Å². The lowest BCUT2D eigenvalue weighted by Crippen LogP contribution is -2.47.